The van der Waals surface area contributed by atoms with Crippen LogP contribution in [0.4, 0.5) is 0 Å². The fraction of sp³-hybridized carbons (Fsp3) is 0.400. The molecule has 0 saturated carbocycles. The Kier molecular flexibility index (Phi) is 6.05. The van der Waals surface area contributed by atoms with Crippen LogP contribution in [-0.4, -0.2) is 48.9 Å². The van der Waals surface area contributed by atoms with E-state index in [4.69, 9.17) is 9.47 Å². The van der Waals surface area contributed by atoms with E-state index in [0.717, 1.165) is 0 Å². The Morgan fingerprint density at radius 2 is 2.09 bits per heavy atom. The van der Waals surface area contributed by atoms with Gasteiger partial charge in [-0.2, -0.15) is 0 Å². The van der Waals surface area contributed by atoms with Crippen molar-refractivity contribution in [2.75, 3.05) is 33.5 Å². The lowest BCUT2D eigenvalue weighted by Gasteiger charge is -2.08. The number of nitrogens with one attached hydrogen (secondary N) is 1. The van der Waals surface area contributed by atoms with Crippen LogP contribution in [0.2, 0.25) is 0 Å². The summed E-state index contributed by atoms with van der Waals surface area (Å²) in [5.41, 5.74) is 0.396. The molecule has 0 fully saturated rings. The number of carbonyl (C=O) groups is 1. The number of fused-ring (bicyclic) bond motifs is 1. The van der Waals surface area contributed by atoms with Crippen molar-refractivity contribution < 1.29 is 14.3 Å². The van der Waals surface area contributed by atoms with Crippen molar-refractivity contribution >= 4 is 16.8 Å². The monoisotopic (exact) mass is 305 g/mol. The van der Waals surface area contributed by atoms with Crippen molar-refractivity contribution in [2.24, 2.45) is 0 Å². The van der Waals surface area contributed by atoms with E-state index >= 15 is 0 Å². The van der Waals surface area contributed by atoms with Crippen molar-refractivity contribution in [3.05, 3.63) is 40.9 Å². The summed E-state index contributed by atoms with van der Waals surface area (Å²) in [7, 11) is 1.60. The van der Waals surface area contributed by atoms with Crippen molar-refractivity contribution in [1.82, 2.24) is 14.9 Å². The van der Waals surface area contributed by atoms with Crippen LogP contribution < -0.4 is 10.9 Å². The van der Waals surface area contributed by atoms with Crippen LogP contribution in [0.25, 0.3) is 10.9 Å². The summed E-state index contributed by atoms with van der Waals surface area (Å²) in [6.07, 6.45) is 1.39. The average molecular weight is 305 g/mol. The van der Waals surface area contributed by atoms with Crippen LogP contribution in [-0.2, 0) is 20.8 Å². The molecule has 1 aromatic carbocycles. The first kappa shape index (κ1) is 16.1. The Labute approximate surface area is 127 Å². The third-order valence-corrected chi connectivity index (χ3v) is 3.05. The van der Waals surface area contributed by atoms with Gasteiger partial charge in [0, 0.05) is 13.7 Å². The number of aromatic nitrogens is 2. The molecule has 0 radical (unpaired) electrons. The van der Waals surface area contributed by atoms with E-state index in [-0.39, 0.29) is 18.0 Å². The topological polar surface area (TPSA) is 82.4 Å². The number of ether oxygens (including phenoxy) is 2. The fourth-order valence-corrected chi connectivity index (χ4v) is 1.94. The fourth-order valence-electron chi connectivity index (χ4n) is 1.94. The Hall–Kier alpha value is -2.25. The van der Waals surface area contributed by atoms with Crippen LogP contribution in [0, 0.1) is 0 Å². The van der Waals surface area contributed by atoms with Crippen molar-refractivity contribution in [3.8, 4) is 0 Å². The maximum Gasteiger partial charge on any atom is 0.261 e. The molecule has 0 saturated heterocycles. The lowest BCUT2D eigenvalue weighted by atomic mass is 10.2. The van der Waals surface area contributed by atoms with E-state index in [1.165, 1.54) is 10.9 Å². The standard InChI is InChI=1S/C15H19N3O4/c1-21-8-9-22-7-6-16-14(19)10-18-11-17-13-5-3-2-4-12(13)15(18)20/h2-5,11H,6-10H2,1H3,(H,16,19). The summed E-state index contributed by atoms with van der Waals surface area (Å²) in [6, 6.07) is 7.05. The second kappa shape index (κ2) is 8.26. The van der Waals surface area contributed by atoms with Gasteiger partial charge in [0.2, 0.25) is 5.91 Å². The molecular formula is C15H19N3O4. The molecule has 1 N–H and O–H groups in total. The SMILES string of the molecule is COCCOCCNC(=O)Cn1cnc2ccccc2c1=O. The molecule has 1 heterocycles. The molecule has 118 valence electrons. The summed E-state index contributed by atoms with van der Waals surface area (Å²) in [5, 5.41) is 3.19. The highest BCUT2D eigenvalue weighted by Gasteiger charge is 2.07. The summed E-state index contributed by atoms with van der Waals surface area (Å²) in [6.45, 7) is 1.74. The molecule has 0 unspecified atom stereocenters. The van der Waals surface area contributed by atoms with Gasteiger partial charge in [-0.05, 0) is 12.1 Å². The summed E-state index contributed by atoms with van der Waals surface area (Å²) >= 11 is 0. The highest BCUT2D eigenvalue weighted by Crippen LogP contribution is 2.04. The van der Waals surface area contributed by atoms with Gasteiger partial charge in [-0.25, -0.2) is 4.98 Å². The van der Waals surface area contributed by atoms with Crippen molar-refractivity contribution in [1.29, 1.82) is 0 Å². The Morgan fingerprint density at radius 1 is 1.27 bits per heavy atom. The van der Waals surface area contributed by atoms with E-state index in [0.29, 0.717) is 37.3 Å². The normalized spacial score (nSPS) is 10.8. The van der Waals surface area contributed by atoms with Gasteiger partial charge in [0.25, 0.3) is 5.56 Å². The van der Waals surface area contributed by atoms with Gasteiger partial charge in [-0.3, -0.25) is 14.2 Å². The number of methoxy groups -OCH3 is 1. The van der Waals surface area contributed by atoms with E-state index in [1.807, 2.05) is 6.07 Å². The molecular weight excluding hydrogens is 286 g/mol. The zero-order valence-electron chi connectivity index (χ0n) is 12.4. The van der Waals surface area contributed by atoms with Crippen LogP contribution in [0.15, 0.2) is 35.4 Å². The molecule has 0 atom stereocenters. The van der Waals surface area contributed by atoms with E-state index in [2.05, 4.69) is 10.3 Å². The lowest BCUT2D eigenvalue weighted by molar-refractivity contribution is -0.122. The molecule has 22 heavy (non-hydrogen) atoms. The highest BCUT2D eigenvalue weighted by atomic mass is 16.5. The number of amides is 1. The molecule has 2 aromatic rings. The van der Waals surface area contributed by atoms with E-state index < -0.39 is 0 Å². The molecule has 2 rings (SSSR count). The maximum absolute atomic E-state index is 12.2. The highest BCUT2D eigenvalue weighted by molar-refractivity contribution is 5.78. The molecule has 7 heteroatoms. The van der Waals surface area contributed by atoms with Gasteiger partial charge in [0.1, 0.15) is 6.54 Å². The van der Waals surface area contributed by atoms with Gasteiger partial charge < -0.3 is 14.8 Å². The van der Waals surface area contributed by atoms with E-state index in [1.54, 1.807) is 25.3 Å². The number of nitrogens with zero attached hydrogens (tertiary/aromatic N) is 2. The van der Waals surface area contributed by atoms with Gasteiger partial charge in [-0.1, -0.05) is 12.1 Å². The second-order valence-electron chi connectivity index (χ2n) is 4.65. The Bertz CT molecular complexity index is 684. The molecule has 1 aromatic heterocycles. The first-order valence-corrected chi connectivity index (χ1v) is 7.00. The summed E-state index contributed by atoms with van der Waals surface area (Å²) < 4.78 is 11.4. The van der Waals surface area contributed by atoms with Gasteiger partial charge in [0.05, 0.1) is 37.1 Å². The largest absolute Gasteiger partial charge is 0.382 e. The third-order valence-electron chi connectivity index (χ3n) is 3.05. The third kappa shape index (κ3) is 4.37. The quantitative estimate of drug-likeness (QED) is 0.703. The molecule has 0 aliphatic carbocycles. The molecule has 1 amide bonds. The maximum atomic E-state index is 12.2. The van der Waals surface area contributed by atoms with E-state index in [9.17, 15) is 9.59 Å². The predicted octanol–water partition coefficient (Wildman–Crippen LogP) is 0.176. The van der Waals surface area contributed by atoms with Gasteiger partial charge in [-0.15, -0.1) is 0 Å². The van der Waals surface area contributed by atoms with Crippen molar-refractivity contribution in [3.63, 3.8) is 0 Å². The molecule has 7 nitrogen and oxygen atoms in total. The van der Waals surface area contributed by atoms with Crippen LogP contribution >= 0.6 is 0 Å². The number of benzene rings is 1. The predicted molar refractivity (Wildman–Crippen MR) is 81.7 cm³/mol. The number of hydrogen-bond acceptors (Lipinski definition) is 5. The van der Waals surface area contributed by atoms with Crippen LogP contribution in [0.3, 0.4) is 0 Å². The minimum atomic E-state index is -0.255. The first-order chi connectivity index (χ1) is 10.7. The summed E-state index contributed by atoms with van der Waals surface area (Å²) in [4.78, 5) is 28.2. The number of rotatable bonds is 8. The van der Waals surface area contributed by atoms with Gasteiger partial charge >= 0.3 is 0 Å². The number of hydrogen-bond donors (Lipinski definition) is 1. The average Bonchev–Trinajstić information content (AvgIpc) is 2.54. The first-order valence-electron chi connectivity index (χ1n) is 7.00. The minimum absolute atomic E-state index is 0.0608. The molecule has 0 bridgehead atoms. The smallest absolute Gasteiger partial charge is 0.261 e. The Morgan fingerprint density at radius 3 is 2.91 bits per heavy atom. The van der Waals surface area contributed by atoms with Crippen molar-refractivity contribution in [2.45, 2.75) is 6.54 Å². The number of carbonyl (C=O) groups excluding carboxylic acids is 1. The lowest BCUT2D eigenvalue weighted by Crippen LogP contribution is -2.34. The van der Waals surface area contributed by atoms with Crippen LogP contribution in [0.1, 0.15) is 0 Å². The van der Waals surface area contributed by atoms with Gasteiger partial charge in [0.15, 0.2) is 0 Å². The molecule has 0 aliphatic heterocycles. The zero-order chi connectivity index (χ0) is 15.8. The second-order valence-corrected chi connectivity index (χ2v) is 4.65. The minimum Gasteiger partial charge on any atom is -0.382 e. The Balaban J connectivity index is 1.87. The molecule has 0 aliphatic rings. The zero-order valence-corrected chi connectivity index (χ0v) is 12.4. The number of para-hydroxylation sites is 1. The van der Waals surface area contributed by atoms with Crippen LogP contribution in [0.5, 0.6) is 0 Å². The summed E-state index contributed by atoms with van der Waals surface area (Å²) in [5.74, 6) is -0.255. The molecule has 0 spiro atoms.